The lowest BCUT2D eigenvalue weighted by atomic mass is 10.1. The second kappa shape index (κ2) is 9.36. The number of nitrogens with one attached hydrogen (secondary N) is 2. The lowest BCUT2D eigenvalue weighted by Gasteiger charge is -2.12. The summed E-state index contributed by atoms with van der Waals surface area (Å²) >= 11 is 1.28. The van der Waals surface area contributed by atoms with Gasteiger partial charge in [0.25, 0.3) is 0 Å². The number of carbonyl (C=O) groups excluding carboxylic acids is 2. The lowest BCUT2D eigenvalue weighted by molar-refractivity contribution is -0.119. The molecule has 2 aromatic carbocycles. The molecule has 7 nitrogen and oxygen atoms in total. The first-order valence-corrected chi connectivity index (χ1v) is 10.6. The summed E-state index contributed by atoms with van der Waals surface area (Å²) < 4.78 is 7.01. The highest BCUT2D eigenvalue weighted by Gasteiger charge is 2.16. The minimum atomic E-state index is -0.518. The van der Waals surface area contributed by atoms with E-state index in [4.69, 9.17) is 4.42 Å². The van der Waals surface area contributed by atoms with Gasteiger partial charge in [0, 0.05) is 11.3 Å². The molecule has 0 aliphatic carbocycles. The van der Waals surface area contributed by atoms with Crippen LogP contribution in [0, 0.1) is 6.92 Å². The molecule has 0 aliphatic rings. The minimum absolute atomic E-state index is 0.0790. The van der Waals surface area contributed by atoms with Gasteiger partial charge in [0.15, 0.2) is 10.9 Å². The smallest absolute Gasteiger partial charge is 0.305 e. The summed E-state index contributed by atoms with van der Waals surface area (Å²) in [4.78, 5) is 28.6. The van der Waals surface area contributed by atoms with E-state index in [0.717, 1.165) is 16.9 Å². The van der Waals surface area contributed by atoms with Gasteiger partial charge in [-0.05, 0) is 31.2 Å². The summed E-state index contributed by atoms with van der Waals surface area (Å²) in [5.41, 5.74) is 8.81. The highest BCUT2D eigenvalue weighted by Crippen LogP contribution is 2.29. The summed E-state index contributed by atoms with van der Waals surface area (Å²) in [7, 11) is 0. The molecule has 0 fully saturated rings. The van der Waals surface area contributed by atoms with Crippen molar-refractivity contribution in [3.05, 3.63) is 90.5 Å². The Balaban J connectivity index is 1.49. The molecule has 31 heavy (non-hydrogen) atoms. The summed E-state index contributed by atoms with van der Waals surface area (Å²) in [6.45, 7) is 2.04. The Bertz CT molecular complexity index is 1170. The van der Waals surface area contributed by atoms with E-state index < -0.39 is 5.91 Å². The van der Waals surface area contributed by atoms with Crippen molar-refractivity contribution in [1.29, 1.82) is 0 Å². The third-order valence-corrected chi connectivity index (χ3v) is 5.44. The lowest BCUT2D eigenvalue weighted by Crippen LogP contribution is -2.42. The topological polar surface area (TPSA) is 89.2 Å². The molecule has 156 valence electrons. The molecule has 2 N–H and O–H groups in total. The number of aromatic nitrogens is 2. The first-order chi connectivity index (χ1) is 15.1. The molecule has 4 rings (SSSR count). The summed E-state index contributed by atoms with van der Waals surface area (Å²) in [6, 6.07) is 21.2. The Morgan fingerprint density at radius 2 is 1.77 bits per heavy atom. The summed E-state index contributed by atoms with van der Waals surface area (Å²) in [5, 5.41) is 0.675. The molecule has 2 heterocycles. The predicted octanol–water partition coefficient (Wildman–Crippen LogP) is 3.99. The molecule has 0 saturated carbocycles. The van der Waals surface area contributed by atoms with Gasteiger partial charge in [0.05, 0.1) is 23.9 Å². The van der Waals surface area contributed by atoms with E-state index in [-0.39, 0.29) is 17.4 Å². The van der Waals surface area contributed by atoms with Crippen LogP contribution in [0.3, 0.4) is 0 Å². The van der Waals surface area contributed by atoms with Crippen molar-refractivity contribution in [3.8, 4) is 16.9 Å². The number of hydrazine groups is 1. The van der Waals surface area contributed by atoms with Crippen molar-refractivity contribution in [2.24, 2.45) is 0 Å². The number of hydrogen-bond acceptors (Lipinski definition) is 5. The molecule has 0 aliphatic heterocycles. The fraction of sp³-hybridized carbons (Fsp3) is 0.0870. The molecule has 0 spiro atoms. The average molecular weight is 433 g/mol. The van der Waals surface area contributed by atoms with Crippen LogP contribution in [0.15, 0.2) is 88.8 Å². The van der Waals surface area contributed by atoms with Crippen LogP contribution < -0.4 is 10.9 Å². The van der Waals surface area contributed by atoms with Gasteiger partial charge in [-0.2, -0.15) is 0 Å². The standard InChI is InChI=1S/C23H20N4O3S/c1-16-9-11-17(12-10-16)19-14-24-23(27(19)18-6-3-2-4-7-18)31-15-21(28)25-26-22(29)20-8-5-13-30-20/h2-14H,15H2,1H3,(H,25,28)(H,26,29). The van der Waals surface area contributed by atoms with Crippen molar-refractivity contribution in [2.75, 3.05) is 5.75 Å². The fourth-order valence-electron chi connectivity index (χ4n) is 2.95. The number of benzene rings is 2. The van der Waals surface area contributed by atoms with E-state index in [2.05, 4.69) is 40.1 Å². The van der Waals surface area contributed by atoms with E-state index in [1.807, 2.05) is 41.8 Å². The second-order valence-corrected chi connectivity index (χ2v) is 7.67. The largest absolute Gasteiger partial charge is 0.459 e. The number of furan rings is 1. The van der Waals surface area contributed by atoms with Gasteiger partial charge in [-0.15, -0.1) is 0 Å². The second-order valence-electron chi connectivity index (χ2n) is 6.73. The molecule has 2 amide bonds. The van der Waals surface area contributed by atoms with Crippen LogP contribution in [0.25, 0.3) is 16.9 Å². The van der Waals surface area contributed by atoms with Crippen LogP contribution in [0.2, 0.25) is 0 Å². The normalized spacial score (nSPS) is 10.6. The van der Waals surface area contributed by atoms with Crippen molar-refractivity contribution in [2.45, 2.75) is 12.1 Å². The maximum atomic E-state index is 12.2. The van der Waals surface area contributed by atoms with Gasteiger partial charge in [0.2, 0.25) is 5.91 Å². The third kappa shape index (κ3) is 4.87. The molecule has 2 aromatic heterocycles. The van der Waals surface area contributed by atoms with E-state index in [1.165, 1.54) is 29.7 Å². The quantitative estimate of drug-likeness (QED) is 0.355. The number of aryl methyl sites for hydroxylation is 1. The highest BCUT2D eigenvalue weighted by atomic mass is 32.2. The van der Waals surface area contributed by atoms with Crippen molar-refractivity contribution in [3.63, 3.8) is 0 Å². The Kier molecular flexibility index (Phi) is 6.18. The van der Waals surface area contributed by atoms with Crippen LogP contribution >= 0.6 is 11.8 Å². The SMILES string of the molecule is Cc1ccc(-c2cnc(SCC(=O)NNC(=O)c3ccco3)n2-c2ccccc2)cc1. The number of para-hydroxylation sites is 1. The number of rotatable bonds is 6. The van der Waals surface area contributed by atoms with Gasteiger partial charge < -0.3 is 4.42 Å². The van der Waals surface area contributed by atoms with Gasteiger partial charge >= 0.3 is 5.91 Å². The first-order valence-electron chi connectivity index (χ1n) is 9.57. The Labute approximate surface area is 183 Å². The molecule has 0 atom stereocenters. The molecule has 8 heteroatoms. The van der Waals surface area contributed by atoms with E-state index >= 15 is 0 Å². The Morgan fingerprint density at radius 3 is 2.48 bits per heavy atom. The van der Waals surface area contributed by atoms with E-state index in [0.29, 0.717) is 5.16 Å². The molecular weight excluding hydrogens is 412 g/mol. The van der Waals surface area contributed by atoms with Crippen LogP contribution in [0.5, 0.6) is 0 Å². The maximum Gasteiger partial charge on any atom is 0.305 e. The van der Waals surface area contributed by atoms with Crippen LogP contribution in [-0.2, 0) is 4.79 Å². The Morgan fingerprint density at radius 1 is 1.00 bits per heavy atom. The fourth-order valence-corrected chi connectivity index (χ4v) is 3.75. The van der Waals surface area contributed by atoms with Crippen molar-refractivity contribution >= 4 is 23.6 Å². The molecular formula is C23H20N4O3S. The average Bonchev–Trinajstić information content (AvgIpc) is 3.47. The van der Waals surface area contributed by atoms with E-state index in [1.54, 1.807) is 12.3 Å². The molecule has 0 saturated heterocycles. The van der Waals surface area contributed by atoms with E-state index in [9.17, 15) is 9.59 Å². The zero-order valence-electron chi connectivity index (χ0n) is 16.7. The van der Waals surface area contributed by atoms with Gasteiger partial charge in [-0.3, -0.25) is 25.0 Å². The van der Waals surface area contributed by atoms with Gasteiger partial charge in [-0.1, -0.05) is 59.8 Å². The molecule has 0 unspecified atom stereocenters. The zero-order chi connectivity index (χ0) is 21.6. The summed E-state index contributed by atoms with van der Waals surface area (Å²) in [5.74, 6) is -0.675. The van der Waals surface area contributed by atoms with Gasteiger partial charge in [0.1, 0.15) is 0 Å². The number of nitrogens with zero attached hydrogens (tertiary/aromatic N) is 2. The monoisotopic (exact) mass is 432 g/mol. The zero-order valence-corrected chi connectivity index (χ0v) is 17.6. The van der Waals surface area contributed by atoms with Gasteiger partial charge in [-0.25, -0.2) is 4.98 Å². The maximum absolute atomic E-state index is 12.2. The number of imidazole rings is 1. The number of carbonyl (C=O) groups is 2. The number of amides is 2. The third-order valence-electron chi connectivity index (χ3n) is 4.48. The minimum Gasteiger partial charge on any atom is -0.459 e. The van der Waals surface area contributed by atoms with Crippen molar-refractivity contribution < 1.29 is 14.0 Å². The summed E-state index contributed by atoms with van der Waals surface area (Å²) in [6.07, 6.45) is 3.19. The molecule has 0 bridgehead atoms. The van der Waals surface area contributed by atoms with Crippen LogP contribution in [-0.4, -0.2) is 27.1 Å². The Hall–Kier alpha value is -3.78. The number of thioether (sulfide) groups is 1. The van der Waals surface area contributed by atoms with Crippen molar-refractivity contribution in [1.82, 2.24) is 20.4 Å². The molecule has 4 aromatic rings. The number of hydrogen-bond donors (Lipinski definition) is 2. The first kappa shape index (κ1) is 20.5. The highest BCUT2D eigenvalue weighted by molar-refractivity contribution is 7.99. The molecule has 0 radical (unpaired) electrons. The van der Waals surface area contributed by atoms with Crippen LogP contribution in [0.1, 0.15) is 16.1 Å². The predicted molar refractivity (Wildman–Crippen MR) is 119 cm³/mol. The van der Waals surface area contributed by atoms with Crippen LogP contribution in [0.4, 0.5) is 0 Å².